The van der Waals surface area contributed by atoms with Crippen molar-refractivity contribution in [1.82, 2.24) is 14.3 Å². The second-order valence-electron chi connectivity index (χ2n) is 5.24. The second kappa shape index (κ2) is 5.50. The fourth-order valence-corrected chi connectivity index (χ4v) is 4.24. The van der Waals surface area contributed by atoms with Gasteiger partial charge in [-0.25, -0.2) is 13.4 Å². The molecule has 0 unspecified atom stereocenters. The van der Waals surface area contributed by atoms with Gasteiger partial charge in [-0.2, -0.15) is 4.31 Å². The first kappa shape index (κ1) is 14.1. The van der Waals surface area contributed by atoms with Crippen LogP contribution in [0.5, 0.6) is 0 Å². The van der Waals surface area contributed by atoms with E-state index in [1.165, 1.54) is 10.4 Å². The van der Waals surface area contributed by atoms with Crippen molar-refractivity contribution in [2.45, 2.75) is 23.7 Å². The molecule has 0 saturated carbocycles. The van der Waals surface area contributed by atoms with E-state index in [0.29, 0.717) is 24.7 Å². The van der Waals surface area contributed by atoms with Crippen LogP contribution in [0.2, 0.25) is 0 Å². The average molecular weight is 306 g/mol. The molecule has 0 aliphatic carbocycles. The van der Waals surface area contributed by atoms with Gasteiger partial charge >= 0.3 is 0 Å². The summed E-state index contributed by atoms with van der Waals surface area (Å²) in [6.07, 6.45) is 5.11. The summed E-state index contributed by atoms with van der Waals surface area (Å²) in [5.74, 6) is 0.323. The van der Waals surface area contributed by atoms with E-state index in [9.17, 15) is 8.42 Å². The summed E-state index contributed by atoms with van der Waals surface area (Å²) in [6, 6.07) is 6.45. The average Bonchev–Trinajstić information content (AvgIpc) is 3.02. The van der Waals surface area contributed by atoms with Crippen molar-refractivity contribution in [2.24, 2.45) is 0 Å². The van der Waals surface area contributed by atoms with Crippen LogP contribution in [-0.4, -0.2) is 35.8 Å². The lowest BCUT2D eigenvalue weighted by atomic mass is 9.95. The lowest BCUT2D eigenvalue weighted by molar-refractivity contribution is 0.317. The zero-order valence-corrected chi connectivity index (χ0v) is 12.4. The number of aromatic nitrogens is 2. The standard InChI is InChI=1S/C14H18N4O2S/c15-12-2-1-3-13(8-12)21(19,20)18-6-4-11(5-7-18)14-9-16-10-17-14/h1-3,8-11H,4-7,15H2,(H,16,17). The zero-order valence-electron chi connectivity index (χ0n) is 11.6. The van der Waals surface area contributed by atoms with E-state index in [2.05, 4.69) is 9.97 Å². The van der Waals surface area contributed by atoms with Gasteiger partial charge in [-0.05, 0) is 31.0 Å². The third-order valence-corrected chi connectivity index (χ3v) is 5.78. The van der Waals surface area contributed by atoms with Crippen molar-refractivity contribution in [3.8, 4) is 0 Å². The van der Waals surface area contributed by atoms with Gasteiger partial charge in [0.15, 0.2) is 0 Å². The van der Waals surface area contributed by atoms with Gasteiger partial charge in [-0.1, -0.05) is 6.07 Å². The zero-order chi connectivity index (χ0) is 14.9. The quantitative estimate of drug-likeness (QED) is 0.842. The minimum Gasteiger partial charge on any atom is -0.399 e. The monoisotopic (exact) mass is 306 g/mol. The van der Waals surface area contributed by atoms with Gasteiger partial charge in [0.1, 0.15) is 0 Å². The molecule has 0 bridgehead atoms. The Balaban J connectivity index is 1.74. The number of imidazole rings is 1. The van der Waals surface area contributed by atoms with Gasteiger partial charge in [0.2, 0.25) is 10.0 Å². The largest absolute Gasteiger partial charge is 0.399 e. The first-order chi connectivity index (χ1) is 10.1. The predicted molar refractivity (Wildman–Crippen MR) is 80.2 cm³/mol. The number of piperidine rings is 1. The van der Waals surface area contributed by atoms with Crippen LogP contribution in [-0.2, 0) is 10.0 Å². The minimum absolute atomic E-state index is 0.265. The maximum Gasteiger partial charge on any atom is 0.243 e. The molecule has 3 rings (SSSR count). The number of anilines is 1. The number of hydrogen-bond acceptors (Lipinski definition) is 4. The summed E-state index contributed by atoms with van der Waals surface area (Å²) in [6.45, 7) is 1.02. The lowest BCUT2D eigenvalue weighted by Crippen LogP contribution is -2.37. The molecule has 1 fully saturated rings. The molecule has 3 N–H and O–H groups in total. The molecule has 0 spiro atoms. The van der Waals surface area contributed by atoms with Crippen LogP contribution in [0.15, 0.2) is 41.7 Å². The number of nitrogens with one attached hydrogen (secondary N) is 1. The van der Waals surface area contributed by atoms with Crippen LogP contribution in [0, 0.1) is 0 Å². The van der Waals surface area contributed by atoms with Crippen molar-refractivity contribution >= 4 is 15.7 Å². The highest BCUT2D eigenvalue weighted by Crippen LogP contribution is 2.29. The van der Waals surface area contributed by atoms with Crippen LogP contribution < -0.4 is 5.73 Å². The lowest BCUT2D eigenvalue weighted by Gasteiger charge is -2.30. The number of nitrogens with zero attached hydrogens (tertiary/aromatic N) is 2. The number of aromatic amines is 1. The number of sulfonamides is 1. The first-order valence-corrected chi connectivity index (χ1v) is 8.36. The van der Waals surface area contributed by atoms with Crippen molar-refractivity contribution in [1.29, 1.82) is 0 Å². The molecule has 112 valence electrons. The topological polar surface area (TPSA) is 92.1 Å². The van der Waals surface area contributed by atoms with Gasteiger partial charge in [0, 0.05) is 30.9 Å². The van der Waals surface area contributed by atoms with E-state index in [-0.39, 0.29) is 4.90 Å². The Labute approximate surface area is 124 Å². The van der Waals surface area contributed by atoms with E-state index in [4.69, 9.17) is 5.73 Å². The number of nitrogen functional groups attached to an aromatic ring is 1. The van der Waals surface area contributed by atoms with Gasteiger partial charge < -0.3 is 10.7 Å². The molecule has 6 nitrogen and oxygen atoms in total. The molecule has 1 aromatic heterocycles. The second-order valence-corrected chi connectivity index (χ2v) is 7.18. The van der Waals surface area contributed by atoms with E-state index >= 15 is 0 Å². The fourth-order valence-electron chi connectivity index (χ4n) is 2.71. The van der Waals surface area contributed by atoms with Crippen LogP contribution in [0.3, 0.4) is 0 Å². The van der Waals surface area contributed by atoms with Crippen LogP contribution in [0.1, 0.15) is 24.5 Å². The number of benzene rings is 1. The van der Waals surface area contributed by atoms with Crippen LogP contribution in [0.4, 0.5) is 5.69 Å². The molecule has 1 aliphatic rings. The normalized spacial score (nSPS) is 17.9. The highest BCUT2D eigenvalue weighted by Gasteiger charge is 2.30. The molecular formula is C14H18N4O2S. The minimum atomic E-state index is -3.45. The number of H-pyrrole nitrogens is 1. The SMILES string of the molecule is Nc1cccc(S(=O)(=O)N2CCC(c3c[nH]cn3)CC2)c1. The summed E-state index contributed by atoms with van der Waals surface area (Å²) in [7, 11) is -3.45. The predicted octanol–water partition coefficient (Wildman–Crippen LogP) is 1.56. The molecule has 1 saturated heterocycles. The highest BCUT2D eigenvalue weighted by atomic mass is 32.2. The molecule has 1 aliphatic heterocycles. The summed E-state index contributed by atoms with van der Waals surface area (Å²) >= 11 is 0. The van der Waals surface area contributed by atoms with Crippen molar-refractivity contribution in [3.05, 3.63) is 42.5 Å². The maximum atomic E-state index is 12.6. The summed E-state index contributed by atoms with van der Waals surface area (Å²) in [5, 5.41) is 0. The highest BCUT2D eigenvalue weighted by molar-refractivity contribution is 7.89. The Morgan fingerprint density at radius 2 is 2.05 bits per heavy atom. The summed E-state index contributed by atoms with van der Waals surface area (Å²) < 4.78 is 26.7. The summed E-state index contributed by atoms with van der Waals surface area (Å²) in [5.41, 5.74) is 7.15. The Morgan fingerprint density at radius 1 is 1.29 bits per heavy atom. The van der Waals surface area contributed by atoms with Crippen molar-refractivity contribution in [3.63, 3.8) is 0 Å². The van der Waals surface area contributed by atoms with Gasteiger partial charge in [0.05, 0.1) is 16.9 Å². The molecule has 7 heteroatoms. The van der Waals surface area contributed by atoms with Crippen LogP contribution in [0.25, 0.3) is 0 Å². The molecular weight excluding hydrogens is 288 g/mol. The van der Waals surface area contributed by atoms with Gasteiger partial charge in [0.25, 0.3) is 0 Å². The number of nitrogens with two attached hydrogens (primary N) is 1. The molecule has 0 atom stereocenters. The Morgan fingerprint density at radius 3 is 2.67 bits per heavy atom. The van der Waals surface area contributed by atoms with Crippen molar-refractivity contribution in [2.75, 3.05) is 18.8 Å². The Hall–Kier alpha value is -1.86. The van der Waals surface area contributed by atoms with Crippen molar-refractivity contribution < 1.29 is 8.42 Å². The fraction of sp³-hybridized carbons (Fsp3) is 0.357. The molecule has 0 radical (unpaired) electrons. The van der Waals surface area contributed by atoms with E-state index < -0.39 is 10.0 Å². The van der Waals surface area contributed by atoms with Gasteiger partial charge in [-0.3, -0.25) is 0 Å². The molecule has 21 heavy (non-hydrogen) atoms. The molecule has 1 aromatic carbocycles. The first-order valence-electron chi connectivity index (χ1n) is 6.92. The number of hydrogen-bond donors (Lipinski definition) is 2. The summed E-state index contributed by atoms with van der Waals surface area (Å²) in [4.78, 5) is 7.47. The maximum absolute atomic E-state index is 12.6. The van der Waals surface area contributed by atoms with Gasteiger partial charge in [-0.15, -0.1) is 0 Å². The molecule has 2 aromatic rings. The smallest absolute Gasteiger partial charge is 0.243 e. The Kier molecular flexibility index (Phi) is 3.69. The number of rotatable bonds is 3. The molecule has 0 amide bonds. The van der Waals surface area contributed by atoms with Crippen LogP contribution >= 0.6 is 0 Å². The Bertz CT molecular complexity index is 704. The van der Waals surface area contributed by atoms with E-state index in [1.54, 1.807) is 24.5 Å². The van der Waals surface area contributed by atoms with E-state index in [0.717, 1.165) is 18.5 Å². The third kappa shape index (κ3) is 2.79. The third-order valence-electron chi connectivity index (χ3n) is 3.89. The van der Waals surface area contributed by atoms with E-state index in [1.807, 2.05) is 6.20 Å². The molecule has 2 heterocycles.